The maximum Gasteiger partial charge on any atom is 0.490 e. The lowest BCUT2D eigenvalue weighted by molar-refractivity contribution is -0.192. The molecule has 17 heteroatoms. The number of rotatable bonds is 8. The summed E-state index contributed by atoms with van der Waals surface area (Å²) >= 11 is 1.14. The highest BCUT2D eigenvalue weighted by Gasteiger charge is 2.38. The molecule has 2 N–H and O–H groups in total. The summed E-state index contributed by atoms with van der Waals surface area (Å²) in [4.78, 5) is 15.4. The Hall–Kier alpha value is -3.44. The van der Waals surface area contributed by atoms with Gasteiger partial charge in [-0.25, -0.2) is 35.8 Å². The van der Waals surface area contributed by atoms with Gasteiger partial charge in [-0.05, 0) is 30.2 Å². The molecule has 1 unspecified atom stereocenters. The molecule has 2 heterocycles. The molecule has 1 aromatic heterocycles. The lowest BCUT2D eigenvalue weighted by Crippen LogP contribution is -2.34. The van der Waals surface area contributed by atoms with Gasteiger partial charge >= 0.3 is 12.1 Å². The van der Waals surface area contributed by atoms with Crippen LogP contribution in [0.25, 0.3) is 0 Å². The van der Waals surface area contributed by atoms with E-state index in [1.54, 1.807) is 24.1 Å². The summed E-state index contributed by atoms with van der Waals surface area (Å²) in [7, 11) is -2.81. The number of anilines is 2. The minimum atomic E-state index is -5.08. The SMILES string of the molecule is CN(c1cc(F)c(S(=O)(=O)Nc2cscn2)c(F)c1)C1CCN(Cc2cccc(C(F)F)c2)C1.O=C(O)C(F)(F)F. The Labute approximate surface area is 234 Å². The maximum atomic E-state index is 14.8. The zero-order valence-corrected chi connectivity index (χ0v) is 22.7. The van der Waals surface area contributed by atoms with Crippen LogP contribution in [-0.4, -0.2) is 61.7 Å². The molecule has 0 radical (unpaired) electrons. The second-order valence-corrected chi connectivity index (χ2v) is 11.2. The number of likely N-dealkylation sites (tertiary alicyclic amines) is 1. The summed E-state index contributed by atoms with van der Waals surface area (Å²) in [5.74, 6) is -5.19. The minimum absolute atomic E-state index is 0.0184. The van der Waals surface area contributed by atoms with E-state index in [0.717, 1.165) is 29.0 Å². The lowest BCUT2D eigenvalue weighted by Gasteiger charge is -2.27. The third-order valence-corrected chi connectivity index (χ3v) is 7.97. The van der Waals surface area contributed by atoms with Crippen molar-refractivity contribution in [3.63, 3.8) is 0 Å². The number of nitrogens with zero attached hydrogens (tertiary/aromatic N) is 3. The number of nitrogens with one attached hydrogen (secondary N) is 1. The Morgan fingerprint density at radius 2 is 1.85 bits per heavy atom. The molecule has 8 nitrogen and oxygen atoms in total. The van der Waals surface area contributed by atoms with Crippen LogP contribution in [0.1, 0.15) is 24.0 Å². The third-order valence-electron chi connectivity index (χ3n) is 5.98. The second-order valence-electron chi connectivity index (χ2n) is 8.85. The molecule has 1 aliphatic rings. The van der Waals surface area contributed by atoms with Crippen LogP contribution in [0.15, 0.2) is 52.2 Å². The number of aromatic nitrogens is 1. The molecular weight excluding hydrogens is 605 g/mol. The Morgan fingerprint density at radius 1 is 1.22 bits per heavy atom. The molecule has 3 aromatic rings. The monoisotopic (exact) mass is 628 g/mol. The summed E-state index contributed by atoms with van der Waals surface area (Å²) in [5, 5.41) is 8.53. The van der Waals surface area contributed by atoms with Gasteiger partial charge in [-0.2, -0.15) is 13.2 Å². The Morgan fingerprint density at radius 3 is 2.39 bits per heavy atom. The first-order chi connectivity index (χ1) is 19.1. The number of sulfonamides is 1. The van der Waals surface area contributed by atoms with Crippen molar-refractivity contribution in [1.82, 2.24) is 9.88 Å². The fourth-order valence-corrected chi connectivity index (χ4v) is 5.71. The van der Waals surface area contributed by atoms with E-state index in [1.807, 2.05) is 0 Å². The molecular formula is C24H23F7N4O4S2. The first-order valence-corrected chi connectivity index (χ1v) is 14.0. The molecule has 224 valence electrons. The highest BCUT2D eigenvalue weighted by molar-refractivity contribution is 7.92. The zero-order chi connectivity index (χ0) is 30.5. The largest absolute Gasteiger partial charge is 0.490 e. The van der Waals surface area contributed by atoms with Crippen LogP contribution in [0.4, 0.5) is 42.2 Å². The average Bonchev–Trinajstić information content (AvgIpc) is 3.55. The van der Waals surface area contributed by atoms with Crippen LogP contribution in [0.2, 0.25) is 0 Å². The summed E-state index contributed by atoms with van der Waals surface area (Å²) < 4.78 is 114. The number of halogens is 7. The van der Waals surface area contributed by atoms with Gasteiger partial charge in [-0.3, -0.25) is 9.62 Å². The van der Waals surface area contributed by atoms with Crippen LogP contribution in [-0.2, 0) is 21.4 Å². The summed E-state index contributed by atoms with van der Waals surface area (Å²) in [6, 6.07) is 8.14. The number of benzene rings is 2. The summed E-state index contributed by atoms with van der Waals surface area (Å²) in [6.07, 6.45) is -6.93. The van der Waals surface area contributed by atoms with Crippen molar-refractivity contribution in [2.45, 2.75) is 36.5 Å². The van der Waals surface area contributed by atoms with Crippen molar-refractivity contribution >= 4 is 38.8 Å². The molecule has 1 aliphatic heterocycles. The molecule has 1 fully saturated rings. The first-order valence-electron chi connectivity index (χ1n) is 11.6. The van der Waals surface area contributed by atoms with Crippen LogP contribution < -0.4 is 9.62 Å². The molecule has 0 aliphatic carbocycles. The van der Waals surface area contributed by atoms with Gasteiger partial charge in [-0.1, -0.05) is 18.2 Å². The zero-order valence-electron chi connectivity index (χ0n) is 21.1. The number of carboxylic acid groups (broad SMARTS) is 1. The average molecular weight is 629 g/mol. The normalized spacial score (nSPS) is 15.9. The van der Waals surface area contributed by atoms with Crippen LogP contribution in [0, 0.1) is 11.6 Å². The van der Waals surface area contributed by atoms with E-state index >= 15 is 0 Å². The number of carbonyl (C=O) groups is 1. The van der Waals surface area contributed by atoms with E-state index in [0.29, 0.717) is 26.1 Å². The number of aliphatic carboxylic acids is 1. The predicted octanol–water partition coefficient (Wildman–Crippen LogP) is 5.50. The van der Waals surface area contributed by atoms with Gasteiger partial charge in [0.25, 0.3) is 16.4 Å². The third kappa shape index (κ3) is 8.53. The number of thiazole rings is 1. The van der Waals surface area contributed by atoms with Gasteiger partial charge in [0.15, 0.2) is 10.7 Å². The molecule has 41 heavy (non-hydrogen) atoms. The quantitative estimate of drug-likeness (QED) is 0.318. The molecule has 0 saturated carbocycles. The number of likely N-dealkylation sites (N-methyl/N-ethyl adjacent to an activating group) is 1. The molecule has 0 amide bonds. The Balaban J connectivity index is 0.000000587. The van der Waals surface area contributed by atoms with Crippen LogP contribution in [0.5, 0.6) is 0 Å². The summed E-state index contributed by atoms with van der Waals surface area (Å²) in [5.41, 5.74) is 2.33. The van der Waals surface area contributed by atoms with E-state index in [9.17, 15) is 39.2 Å². The second kappa shape index (κ2) is 13.0. The van der Waals surface area contributed by atoms with Crippen molar-refractivity contribution in [2.24, 2.45) is 0 Å². The lowest BCUT2D eigenvalue weighted by atomic mass is 10.1. The minimum Gasteiger partial charge on any atom is -0.475 e. The van der Waals surface area contributed by atoms with Gasteiger partial charge in [0.05, 0.1) is 5.51 Å². The Kier molecular flexibility index (Phi) is 10.2. The molecule has 2 aromatic carbocycles. The summed E-state index contributed by atoms with van der Waals surface area (Å²) in [6.45, 7) is 1.72. The van der Waals surface area contributed by atoms with Crippen molar-refractivity contribution in [3.8, 4) is 0 Å². The van der Waals surface area contributed by atoms with E-state index in [-0.39, 0.29) is 23.1 Å². The number of hydrogen-bond donors (Lipinski definition) is 2. The van der Waals surface area contributed by atoms with E-state index in [2.05, 4.69) is 14.6 Å². The van der Waals surface area contributed by atoms with Crippen molar-refractivity contribution in [1.29, 1.82) is 0 Å². The van der Waals surface area contributed by atoms with E-state index in [4.69, 9.17) is 9.90 Å². The smallest absolute Gasteiger partial charge is 0.475 e. The molecule has 0 bridgehead atoms. The van der Waals surface area contributed by atoms with Gasteiger partial charge in [0.1, 0.15) is 11.6 Å². The molecule has 1 saturated heterocycles. The van der Waals surface area contributed by atoms with Gasteiger partial charge in [0.2, 0.25) is 0 Å². The fourth-order valence-electron chi connectivity index (χ4n) is 4.03. The standard InChI is InChI=1S/C22H22F4N4O2S2.C2HF3O2/c1-29(16-5-6-30(11-16)10-14-3-2-4-15(7-14)22(25)26)17-8-18(23)21(19(24)9-17)34(31,32)28-20-12-33-13-27-20;3-2(4,5)1(6)7/h2-4,7-9,12-13,16,22,28H,5-6,10-11H2,1H3;(H,6,7). The molecule has 1 atom stereocenters. The van der Waals surface area contributed by atoms with Gasteiger partial charge in [0, 0.05) is 49.4 Å². The van der Waals surface area contributed by atoms with Crippen molar-refractivity contribution < 1.29 is 49.1 Å². The highest BCUT2D eigenvalue weighted by atomic mass is 32.2. The molecule has 4 rings (SSSR count). The van der Waals surface area contributed by atoms with E-state index in [1.165, 1.54) is 23.0 Å². The van der Waals surface area contributed by atoms with Crippen LogP contribution >= 0.6 is 11.3 Å². The molecule has 0 spiro atoms. The van der Waals surface area contributed by atoms with E-state index < -0.39 is 45.1 Å². The predicted molar refractivity (Wildman–Crippen MR) is 136 cm³/mol. The topological polar surface area (TPSA) is 103 Å². The first kappa shape index (κ1) is 32.1. The fraction of sp³-hybridized carbons (Fsp3) is 0.333. The Bertz CT molecular complexity index is 1430. The van der Waals surface area contributed by atoms with Crippen molar-refractivity contribution in [2.75, 3.05) is 29.8 Å². The number of hydrogen-bond acceptors (Lipinski definition) is 7. The maximum absolute atomic E-state index is 14.8. The van der Waals surface area contributed by atoms with Gasteiger partial charge < -0.3 is 10.0 Å². The van der Waals surface area contributed by atoms with Gasteiger partial charge in [-0.15, -0.1) is 11.3 Å². The van der Waals surface area contributed by atoms with Crippen molar-refractivity contribution in [3.05, 3.63) is 70.1 Å². The highest BCUT2D eigenvalue weighted by Crippen LogP contribution is 2.30. The van der Waals surface area contributed by atoms with Crippen LogP contribution in [0.3, 0.4) is 0 Å². The number of carboxylic acids is 1. The number of alkyl halides is 5.